The third-order valence-corrected chi connectivity index (χ3v) is 5.70. The highest BCUT2D eigenvalue weighted by molar-refractivity contribution is 7.89. The summed E-state index contributed by atoms with van der Waals surface area (Å²) in [5.41, 5.74) is 0.346. The van der Waals surface area contributed by atoms with Gasteiger partial charge in [0.25, 0.3) is 5.91 Å². The van der Waals surface area contributed by atoms with Crippen LogP contribution in [0.2, 0.25) is 0 Å². The van der Waals surface area contributed by atoms with Crippen LogP contribution in [0.15, 0.2) is 29.2 Å². The fourth-order valence-corrected chi connectivity index (χ4v) is 3.44. The molecule has 23 heavy (non-hydrogen) atoms. The van der Waals surface area contributed by atoms with Gasteiger partial charge in [0.05, 0.1) is 12.0 Å². The maximum absolute atomic E-state index is 12.5. The molecule has 0 bridgehead atoms. The van der Waals surface area contributed by atoms with Crippen molar-refractivity contribution in [1.29, 1.82) is 0 Å². The Labute approximate surface area is 135 Å². The summed E-state index contributed by atoms with van der Waals surface area (Å²) in [5.74, 6) is -0.727. The van der Waals surface area contributed by atoms with Crippen LogP contribution in [0.4, 0.5) is 0 Å². The number of carbonyl (C=O) groups is 2. The molecule has 1 aromatic rings. The van der Waals surface area contributed by atoms with E-state index in [1.54, 1.807) is 0 Å². The van der Waals surface area contributed by atoms with Crippen LogP contribution in [0.1, 0.15) is 23.2 Å². The minimum absolute atomic E-state index is 0.116. The van der Waals surface area contributed by atoms with Gasteiger partial charge in [0.2, 0.25) is 10.0 Å². The predicted octanol–water partition coefficient (Wildman–Crippen LogP) is 0.715. The number of nitrogens with zero attached hydrogens (tertiary/aromatic N) is 2. The summed E-state index contributed by atoms with van der Waals surface area (Å²) in [6.07, 6.45) is 1.31. The number of likely N-dealkylation sites (tertiary alicyclic amines) is 1. The van der Waals surface area contributed by atoms with Crippen molar-refractivity contribution < 1.29 is 22.7 Å². The fourth-order valence-electron chi connectivity index (χ4n) is 2.54. The van der Waals surface area contributed by atoms with Crippen molar-refractivity contribution in [3.05, 3.63) is 29.8 Å². The van der Waals surface area contributed by atoms with E-state index in [-0.39, 0.29) is 10.8 Å². The number of methoxy groups -OCH3 is 1. The Balaban J connectivity index is 2.23. The van der Waals surface area contributed by atoms with E-state index in [9.17, 15) is 18.0 Å². The normalized spacial score (nSPS) is 18.3. The zero-order valence-corrected chi connectivity index (χ0v) is 14.2. The zero-order valence-electron chi connectivity index (χ0n) is 13.4. The van der Waals surface area contributed by atoms with Crippen LogP contribution in [-0.4, -0.2) is 63.3 Å². The third kappa shape index (κ3) is 3.37. The molecule has 0 unspecified atom stereocenters. The Kier molecular flexibility index (Phi) is 5.06. The molecular formula is C15H20N2O5S. The Morgan fingerprint density at radius 2 is 1.83 bits per heavy atom. The number of esters is 1. The number of hydrogen-bond donors (Lipinski definition) is 0. The van der Waals surface area contributed by atoms with Crippen molar-refractivity contribution in [2.24, 2.45) is 0 Å². The quantitative estimate of drug-likeness (QED) is 0.754. The number of carbonyl (C=O) groups excluding carboxylic acids is 2. The van der Waals surface area contributed by atoms with Gasteiger partial charge in [0.1, 0.15) is 6.04 Å². The van der Waals surface area contributed by atoms with Gasteiger partial charge in [-0.2, -0.15) is 0 Å². The number of hydrogen-bond acceptors (Lipinski definition) is 5. The number of benzene rings is 1. The molecule has 0 spiro atoms. The zero-order chi connectivity index (χ0) is 17.2. The number of amides is 1. The van der Waals surface area contributed by atoms with Gasteiger partial charge in [-0.15, -0.1) is 0 Å². The van der Waals surface area contributed by atoms with Crippen LogP contribution in [0.3, 0.4) is 0 Å². The largest absolute Gasteiger partial charge is 0.467 e. The molecule has 2 rings (SSSR count). The molecule has 1 aliphatic rings. The van der Waals surface area contributed by atoms with Gasteiger partial charge in [0.15, 0.2) is 0 Å². The summed E-state index contributed by atoms with van der Waals surface area (Å²) >= 11 is 0. The van der Waals surface area contributed by atoms with E-state index < -0.39 is 22.0 Å². The summed E-state index contributed by atoms with van der Waals surface area (Å²) in [4.78, 5) is 25.8. The van der Waals surface area contributed by atoms with E-state index >= 15 is 0 Å². The molecule has 0 saturated carbocycles. The number of sulfonamides is 1. The highest BCUT2D eigenvalue weighted by Gasteiger charge is 2.35. The Morgan fingerprint density at radius 3 is 2.35 bits per heavy atom. The van der Waals surface area contributed by atoms with Gasteiger partial charge in [-0.25, -0.2) is 17.5 Å². The van der Waals surface area contributed by atoms with Crippen molar-refractivity contribution in [2.45, 2.75) is 23.8 Å². The predicted molar refractivity (Wildman–Crippen MR) is 83.4 cm³/mol. The molecule has 8 heteroatoms. The summed E-state index contributed by atoms with van der Waals surface area (Å²) in [6, 6.07) is 5.15. The van der Waals surface area contributed by atoms with Gasteiger partial charge < -0.3 is 9.64 Å². The lowest BCUT2D eigenvalue weighted by Gasteiger charge is -2.22. The fraction of sp³-hybridized carbons (Fsp3) is 0.467. The first-order valence-corrected chi connectivity index (χ1v) is 8.64. The second kappa shape index (κ2) is 6.67. The van der Waals surface area contributed by atoms with Crippen LogP contribution in [0.25, 0.3) is 0 Å². The molecule has 1 aliphatic heterocycles. The summed E-state index contributed by atoms with van der Waals surface area (Å²) in [6.45, 7) is 0.482. The lowest BCUT2D eigenvalue weighted by atomic mass is 10.1. The van der Waals surface area contributed by atoms with Crippen molar-refractivity contribution in [2.75, 3.05) is 27.7 Å². The van der Waals surface area contributed by atoms with E-state index in [1.807, 2.05) is 0 Å². The number of ether oxygens (including phenoxy) is 1. The Bertz CT molecular complexity index is 697. The van der Waals surface area contributed by atoms with Crippen LogP contribution >= 0.6 is 0 Å². The molecule has 0 aliphatic carbocycles. The van der Waals surface area contributed by atoms with E-state index in [0.29, 0.717) is 18.5 Å². The monoisotopic (exact) mass is 340 g/mol. The van der Waals surface area contributed by atoms with Gasteiger partial charge >= 0.3 is 5.97 Å². The van der Waals surface area contributed by atoms with Crippen LogP contribution in [0.5, 0.6) is 0 Å². The maximum atomic E-state index is 12.5. The average molecular weight is 340 g/mol. The van der Waals surface area contributed by atoms with Gasteiger partial charge in [-0.05, 0) is 37.1 Å². The van der Waals surface area contributed by atoms with Crippen molar-refractivity contribution in [3.8, 4) is 0 Å². The van der Waals surface area contributed by atoms with Gasteiger partial charge in [-0.3, -0.25) is 4.79 Å². The van der Waals surface area contributed by atoms with Gasteiger partial charge in [0, 0.05) is 26.2 Å². The molecule has 1 amide bonds. The first-order valence-electron chi connectivity index (χ1n) is 7.20. The molecule has 0 aromatic heterocycles. The van der Waals surface area contributed by atoms with E-state index in [2.05, 4.69) is 0 Å². The molecule has 126 valence electrons. The topological polar surface area (TPSA) is 84.0 Å². The van der Waals surface area contributed by atoms with E-state index in [1.165, 1.54) is 50.4 Å². The smallest absolute Gasteiger partial charge is 0.328 e. The second-order valence-corrected chi connectivity index (χ2v) is 7.64. The van der Waals surface area contributed by atoms with Gasteiger partial charge in [-0.1, -0.05) is 0 Å². The van der Waals surface area contributed by atoms with E-state index in [4.69, 9.17) is 4.74 Å². The molecule has 1 atom stereocenters. The Hall–Kier alpha value is -1.93. The summed E-state index contributed by atoms with van der Waals surface area (Å²) < 4.78 is 29.9. The Morgan fingerprint density at radius 1 is 1.22 bits per heavy atom. The minimum atomic E-state index is -3.53. The summed E-state index contributed by atoms with van der Waals surface area (Å²) in [7, 11) is 0.652. The molecule has 0 radical (unpaired) electrons. The van der Waals surface area contributed by atoms with Crippen LogP contribution in [0, 0.1) is 0 Å². The first kappa shape index (κ1) is 17.4. The second-order valence-electron chi connectivity index (χ2n) is 5.49. The van der Waals surface area contributed by atoms with Crippen LogP contribution in [-0.2, 0) is 19.6 Å². The SMILES string of the molecule is COC(=O)[C@H]1CCCN1C(=O)c1ccc(S(=O)(=O)N(C)C)cc1. The molecular weight excluding hydrogens is 320 g/mol. The molecule has 1 heterocycles. The van der Waals surface area contributed by atoms with Crippen molar-refractivity contribution in [3.63, 3.8) is 0 Å². The molecule has 7 nitrogen and oxygen atoms in total. The molecule has 1 fully saturated rings. The highest BCUT2D eigenvalue weighted by atomic mass is 32.2. The highest BCUT2D eigenvalue weighted by Crippen LogP contribution is 2.22. The van der Waals surface area contributed by atoms with Crippen molar-refractivity contribution >= 4 is 21.9 Å². The first-order chi connectivity index (χ1) is 10.8. The lowest BCUT2D eigenvalue weighted by Crippen LogP contribution is -2.41. The number of rotatable bonds is 4. The standard InChI is InChI=1S/C15H20N2O5S/c1-16(2)23(20,21)12-8-6-11(7-9-12)14(18)17-10-4-5-13(17)15(19)22-3/h6-9,13H,4-5,10H2,1-3H3/t13-/m1/s1. The average Bonchev–Trinajstić information content (AvgIpc) is 3.03. The van der Waals surface area contributed by atoms with E-state index in [0.717, 1.165) is 10.7 Å². The van der Waals surface area contributed by atoms with Crippen molar-refractivity contribution in [1.82, 2.24) is 9.21 Å². The molecule has 1 saturated heterocycles. The molecule has 1 aromatic carbocycles. The minimum Gasteiger partial charge on any atom is -0.467 e. The third-order valence-electron chi connectivity index (χ3n) is 3.87. The molecule has 0 N–H and O–H groups in total. The summed E-state index contributed by atoms with van der Waals surface area (Å²) in [5, 5.41) is 0. The maximum Gasteiger partial charge on any atom is 0.328 e. The lowest BCUT2D eigenvalue weighted by molar-refractivity contribution is -0.145. The van der Waals surface area contributed by atoms with Crippen LogP contribution < -0.4 is 0 Å².